The molecular formula is C14H11N3O2S. The Kier molecular flexibility index (Phi) is 3.08. The van der Waals surface area contributed by atoms with Crippen LogP contribution in [0.4, 0.5) is 0 Å². The van der Waals surface area contributed by atoms with Crippen molar-refractivity contribution in [3.63, 3.8) is 0 Å². The summed E-state index contributed by atoms with van der Waals surface area (Å²) in [7, 11) is 0. The Labute approximate surface area is 118 Å². The standard InChI is InChI=1S/C14H11N3O2S/c1-10-4-6-11(7-5-10)17-14(19)16(9-15-17)13(18)12-3-2-8-20-12/h2-9H,1H3. The van der Waals surface area contributed by atoms with Gasteiger partial charge < -0.3 is 0 Å². The predicted molar refractivity (Wildman–Crippen MR) is 76.6 cm³/mol. The molecule has 2 aromatic heterocycles. The van der Waals surface area contributed by atoms with Crippen molar-refractivity contribution in [1.29, 1.82) is 0 Å². The molecule has 0 aliphatic rings. The monoisotopic (exact) mass is 285 g/mol. The van der Waals surface area contributed by atoms with E-state index in [0.717, 1.165) is 10.1 Å². The molecule has 0 aliphatic heterocycles. The summed E-state index contributed by atoms with van der Waals surface area (Å²) in [5, 5.41) is 5.79. The molecule has 0 spiro atoms. The molecule has 0 radical (unpaired) electrons. The van der Waals surface area contributed by atoms with Gasteiger partial charge in [-0.25, -0.2) is 9.36 Å². The van der Waals surface area contributed by atoms with Crippen molar-refractivity contribution in [3.8, 4) is 5.69 Å². The fourth-order valence-corrected chi connectivity index (χ4v) is 2.49. The molecule has 0 aliphatic carbocycles. The van der Waals surface area contributed by atoms with E-state index in [2.05, 4.69) is 5.10 Å². The van der Waals surface area contributed by atoms with Crippen LogP contribution in [0.2, 0.25) is 0 Å². The first-order valence-electron chi connectivity index (χ1n) is 5.99. The summed E-state index contributed by atoms with van der Waals surface area (Å²) >= 11 is 1.30. The number of rotatable bonds is 2. The number of hydrogen-bond donors (Lipinski definition) is 0. The molecule has 6 heteroatoms. The lowest BCUT2D eigenvalue weighted by molar-refractivity contribution is 0.0959. The van der Waals surface area contributed by atoms with E-state index < -0.39 is 5.69 Å². The second-order valence-corrected chi connectivity index (χ2v) is 5.26. The summed E-state index contributed by atoms with van der Waals surface area (Å²) in [6.45, 7) is 1.96. The van der Waals surface area contributed by atoms with Gasteiger partial charge in [0.15, 0.2) is 0 Å². The zero-order chi connectivity index (χ0) is 14.1. The lowest BCUT2D eigenvalue weighted by Crippen LogP contribution is -2.28. The van der Waals surface area contributed by atoms with Gasteiger partial charge in [-0.15, -0.1) is 11.3 Å². The smallest absolute Gasteiger partial charge is 0.267 e. The van der Waals surface area contributed by atoms with Gasteiger partial charge in [-0.2, -0.15) is 9.78 Å². The Morgan fingerprint density at radius 2 is 1.95 bits per heavy atom. The summed E-state index contributed by atoms with van der Waals surface area (Å²) in [6, 6.07) is 10.8. The first-order chi connectivity index (χ1) is 9.66. The van der Waals surface area contributed by atoms with Crippen LogP contribution in [0.15, 0.2) is 52.9 Å². The number of aryl methyl sites for hydroxylation is 1. The number of hydrogen-bond acceptors (Lipinski definition) is 4. The van der Waals surface area contributed by atoms with Crippen LogP contribution >= 0.6 is 11.3 Å². The molecule has 0 unspecified atom stereocenters. The van der Waals surface area contributed by atoms with E-state index in [9.17, 15) is 9.59 Å². The Morgan fingerprint density at radius 3 is 2.60 bits per heavy atom. The molecule has 0 amide bonds. The molecule has 0 bridgehead atoms. The van der Waals surface area contributed by atoms with E-state index >= 15 is 0 Å². The van der Waals surface area contributed by atoms with E-state index in [1.54, 1.807) is 29.6 Å². The summed E-state index contributed by atoms with van der Waals surface area (Å²) in [4.78, 5) is 24.9. The van der Waals surface area contributed by atoms with E-state index in [4.69, 9.17) is 0 Å². The van der Waals surface area contributed by atoms with Gasteiger partial charge in [-0.05, 0) is 30.5 Å². The molecule has 0 fully saturated rings. The highest BCUT2D eigenvalue weighted by Gasteiger charge is 2.15. The lowest BCUT2D eigenvalue weighted by Gasteiger charge is -1.99. The van der Waals surface area contributed by atoms with E-state index in [1.165, 1.54) is 22.3 Å². The van der Waals surface area contributed by atoms with Gasteiger partial charge in [0, 0.05) is 0 Å². The molecule has 5 nitrogen and oxygen atoms in total. The van der Waals surface area contributed by atoms with Gasteiger partial charge in [0.2, 0.25) is 0 Å². The molecule has 2 heterocycles. The van der Waals surface area contributed by atoms with Crippen LogP contribution in [0.25, 0.3) is 5.69 Å². The van der Waals surface area contributed by atoms with Gasteiger partial charge in [-0.1, -0.05) is 23.8 Å². The maximum Gasteiger partial charge on any atom is 0.357 e. The Hall–Kier alpha value is -2.47. The van der Waals surface area contributed by atoms with Crippen molar-refractivity contribution < 1.29 is 4.79 Å². The van der Waals surface area contributed by atoms with Gasteiger partial charge in [-0.3, -0.25) is 4.79 Å². The molecule has 0 saturated carbocycles. The minimum atomic E-state index is -0.466. The van der Waals surface area contributed by atoms with Crippen LogP contribution in [0.3, 0.4) is 0 Å². The molecule has 0 saturated heterocycles. The maximum absolute atomic E-state index is 12.2. The van der Waals surface area contributed by atoms with Crippen LogP contribution in [-0.4, -0.2) is 20.3 Å². The van der Waals surface area contributed by atoms with Crippen LogP contribution in [0.1, 0.15) is 15.2 Å². The molecule has 0 N–H and O–H groups in total. The van der Waals surface area contributed by atoms with Crippen LogP contribution < -0.4 is 5.69 Å². The molecule has 0 atom stereocenters. The van der Waals surface area contributed by atoms with Crippen LogP contribution in [0.5, 0.6) is 0 Å². The maximum atomic E-state index is 12.2. The number of benzene rings is 1. The largest absolute Gasteiger partial charge is 0.357 e. The highest BCUT2D eigenvalue weighted by atomic mass is 32.1. The van der Waals surface area contributed by atoms with Crippen molar-refractivity contribution in [2.75, 3.05) is 0 Å². The molecule has 3 aromatic rings. The zero-order valence-corrected chi connectivity index (χ0v) is 11.5. The van der Waals surface area contributed by atoms with Crippen LogP contribution in [0, 0.1) is 6.92 Å². The van der Waals surface area contributed by atoms with Gasteiger partial charge in [0.25, 0.3) is 5.91 Å². The normalized spacial score (nSPS) is 10.7. The molecular weight excluding hydrogens is 274 g/mol. The van der Waals surface area contributed by atoms with Crippen molar-refractivity contribution in [1.82, 2.24) is 14.3 Å². The van der Waals surface area contributed by atoms with E-state index in [0.29, 0.717) is 10.6 Å². The summed E-state index contributed by atoms with van der Waals surface area (Å²) < 4.78 is 2.23. The number of carbonyl (C=O) groups excluding carboxylic acids is 1. The lowest BCUT2D eigenvalue weighted by atomic mass is 10.2. The van der Waals surface area contributed by atoms with Crippen LogP contribution in [-0.2, 0) is 0 Å². The average Bonchev–Trinajstić information content (AvgIpc) is 3.09. The van der Waals surface area contributed by atoms with Gasteiger partial charge >= 0.3 is 5.69 Å². The predicted octanol–water partition coefficient (Wildman–Crippen LogP) is 2.09. The highest BCUT2D eigenvalue weighted by Crippen LogP contribution is 2.10. The van der Waals surface area contributed by atoms with Gasteiger partial charge in [0.1, 0.15) is 6.33 Å². The third kappa shape index (κ3) is 2.10. The quantitative estimate of drug-likeness (QED) is 0.724. The number of thiophene rings is 1. The van der Waals surface area contributed by atoms with Crippen molar-refractivity contribution in [2.24, 2.45) is 0 Å². The van der Waals surface area contributed by atoms with Crippen molar-refractivity contribution in [2.45, 2.75) is 6.92 Å². The Balaban J connectivity index is 2.03. The third-order valence-electron chi connectivity index (χ3n) is 2.90. The van der Waals surface area contributed by atoms with Crippen molar-refractivity contribution >= 4 is 17.2 Å². The van der Waals surface area contributed by atoms with Gasteiger partial charge in [0.05, 0.1) is 10.6 Å². The Bertz CT molecular complexity index is 798. The molecule has 1 aromatic carbocycles. The van der Waals surface area contributed by atoms with E-state index in [-0.39, 0.29) is 5.91 Å². The fraction of sp³-hybridized carbons (Fsp3) is 0.0714. The third-order valence-corrected chi connectivity index (χ3v) is 3.76. The Morgan fingerprint density at radius 1 is 1.20 bits per heavy atom. The second kappa shape index (κ2) is 4.90. The summed E-state index contributed by atoms with van der Waals surface area (Å²) in [6.07, 6.45) is 1.25. The number of aromatic nitrogens is 3. The highest BCUT2D eigenvalue weighted by molar-refractivity contribution is 7.12. The minimum absolute atomic E-state index is 0.358. The zero-order valence-electron chi connectivity index (χ0n) is 10.7. The number of nitrogens with zero attached hydrogens (tertiary/aromatic N) is 3. The first-order valence-corrected chi connectivity index (χ1v) is 6.87. The molecule has 100 valence electrons. The summed E-state index contributed by atoms with van der Waals surface area (Å²) in [5.41, 5.74) is 1.27. The SMILES string of the molecule is Cc1ccc(-n2ncn(C(=O)c3cccs3)c2=O)cc1. The summed E-state index contributed by atoms with van der Waals surface area (Å²) in [5.74, 6) is -0.358. The molecule has 3 rings (SSSR count). The second-order valence-electron chi connectivity index (χ2n) is 4.31. The number of carbonyl (C=O) groups is 1. The van der Waals surface area contributed by atoms with E-state index in [1.807, 2.05) is 19.1 Å². The minimum Gasteiger partial charge on any atom is -0.267 e. The fourth-order valence-electron chi connectivity index (χ4n) is 1.83. The average molecular weight is 285 g/mol. The first kappa shape index (κ1) is 12.6. The van der Waals surface area contributed by atoms with Crippen molar-refractivity contribution in [3.05, 3.63) is 69.0 Å². The topological polar surface area (TPSA) is 56.9 Å². The molecule has 20 heavy (non-hydrogen) atoms.